The van der Waals surface area contributed by atoms with Crippen molar-refractivity contribution in [1.29, 1.82) is 0 Å². The Morgan fingerprint density at radius 1 is 1.19 bits per heavy atom. The summed E-state index contributed by atoms with van der Waals surface area (Å²) in [5.74, 6) is -0.0862. The third-order valence-electron chi connectivity index (χ3n) is 4.61. The lowest BCUT2D eigenvalue weighted by Gasteiger charge is -2.27. The SMILES string of the molecule is CS(=O)(=O)C1CCCC(C(=O)c2ccc3c(c2)COC3)C1. The fraction of sp³-hybridized carbons (Fsp3) is 0.562. The molecule has 1 aromatic carbocycles. The molecule has 2 aliphatic rings. The molecule has 1 aliphatic carbocycles. The van der Waals surface area contributed by atoms with Gasteiger partial charge >= 0.3 is 0 Å². The average molecular weight is 308 g/mol. The van der Waals surface area contributed by atoms with E-state index >= 15 is 0 Å². The highest BCUT2D eigenvalue weighted by atomic mass is 32.2. The van der Waals surface area contributed by atoms with Crippen LogP contribution in [0.4, 0.5) is 0 Å². The van der Waals surface area contributed by atoms with Crippen LogP contribution in [0, 0.1) is 5.92 Å². The average Bonchev–Trinajstić information content (AvgIpc) is 2.93. The predicted octanol–water partition coefficient (Wildman–Crippen LogP) is 2.50. The van der Waals surface area contributed by atoms with E-state index < -0.39 is 9.84 Å². The van der Waals surface area contributed by atoms with Gasteiger partial charge in [-0.05, 0) is 36.5 Å². The van der Waals surface area contributed by atoms with Gasteiger partial charge in [-0.2, -0.15) is 0 Å². The van der Waals surface area contributed by atoms with E-state index in [1.807, 2.05) is 18.2 Å². The molecule has 2 unspecified atom stereocenters. The molecule has 0 amide bonds. The minimum atomic E-state index is -3.06. The van der Waals surface area contributed by atoms with Crippen molar-refractivity contribution < 1.29 is 17.9 Å². The number of hydrogen-bond acceptors (Lipinski definition) is 4. The minimum absolute atomic E-state index is 0.0815. The summed E-state index contributed by atoms with van der Waals surface area (Å²) < 4.78 is 28.8. The van der Waals surface area contributed by atoms with Crippen LogP contribution in [0.5, 0.6) is 0 Å². The Balaban J connectivity index is 1.79. The molecule has 2 atom stereocenters. The van der Waals surface area contributed by atoms with E-state index in [0.29, 0.717) is 31.6 Å². The van der Waals surface area contributed by atoms with Gasteiger partial charge in [0.25, 0.3) is 0 Å². The number of carbonyl (C=O) groups is 1. The van der Waals surface area contributed by atoms with Crippen molar-refractivity contribution in [3.63, 3.8) is 0 Å². The van der Waals surface area contributed by atoms with Gasteiger partial charge in [0.05, 0.1) is 18.5 Å². The smallest absolute Gasteiger partial charge is 0.165 e. The molecular weight excluding hydrogens is 288 g/mol. The molecular formula is C16H20O4S. The lowest BCUT2D eigenvalue weighted by molar-refractivity contribution is 0.0890. The standard InChI is InChI=1S/C16H20O4S/c1-21(18,19)15-4-2-3-11(8-15)16(17)12-5-6-13-9-20-10-14(13)7-12/h5-7,11,15H,2-4,8-10H2,1H3. The maximum Gasteiger partial charge on any atom is 0.165 e. The number of Topliss-reactive ketones (excluding diaryl/α,β-unsaturated/α-hetero) is 1. The first-order chi connectivity index (χ1) is 9.95. The first-order valence-corrected chi connectivity index (χ1v) is 9.33. The highest BCUT2D eigenvalue weighted by Crippen LogP contribution is 2.31. The molecule has 1 saturated carbocycles. The highest BCUT2D eigenvalue weighted by Gasteiger charge is 2.33. The Morgan fingerprint density at radius 3 is 2.71 bits per heavy atom. The van der Waals surface area contributed by atoms with E-state index in [1.54, 1.807) is 0 Å². The fourth-order valence-corrected chi connectivity index (χ4v) is 4.51. The molecule has 0 bridgehead atoms. The van der Waals surface area contributed by atoms with Gasteiger partial charge in [-0.3, -0.25) is 4.79 Å². The van der Waals surface area contributed by atoms with Crippen LogP contribution < -0.4 is 0 Å². The van der Waals surface area contributed by atoms with Gasteiger partial charge in [-0.15, -0.1) is 0 Å². The molecule has 0 N–H and O–H groups in total. The van der Waals surface area contributed by atoms with E-state index in [0.717, 1.165) is 24.0 Å². The van der Waals surface area contributed by atoms with Gasteiger partial charge in [-0.1, -0.05) is 18.6 Å². The molecule has 0 radical (unpaired) electrons. The summed E-state index contributed by atoms with van der Waals surface area (Å²) in [7, 11) is -3.06. The van der Waals surface area contributed by atoms with E-state index in [-0.39, 0.29) is 17.0 Å². The largest absolute Gasteiger partial charge is 0.372 e. The van der Waals surface area contributed by atoms with Gasteiger partial charge in [0, 0.05) is 17.7 Å². The second-order valence-electron chi connectivity index (χ2n) is 6.16. The minimum Gasteiger partial charge on any atom is -0.372 e. The number of sulfone groups is 1. The van der Waals surface area contributed by atoms with Gasteiger partial charge in [-0.25, -0.2) is 8.42 Å². The van der Waals surface area contributed by atoms with E-state index in [2.05, 4.69) is 0 Å². The molecule has 4 nitrogen and oxygen atoms in total. The Hall–Kier alpha value is -1.20. The van der Waals surface area contributed by atoms with Crippen molar-refractivity contribution in [3.8, 4) is 0 Å². The number of ketones is 1. The van der Waals surface area contributed by atoms with Crippen LogP contribution in [0.25, 0.3) is 0 Å². The number of hydrogen-bond donors (Lipinski definition) is 0. The molecule has 1 heterocycles. The summed E-state index contributed by atoms with van der Waals surface area (Å²) in [6.45, 7) is 1.18. The zero-order valence-electron chi connectivity index (χ0n) is 12.2. The van der Waals surface area contributed by atoms with Crippen molar-refractivity contribution in [2.75, 3.05) is 6.26 Å². The Kier molecular flexibility index (Phi) is 3.88. The number of fused-ring (bicyclic) bond motifs is 1. The predicted molar refractivity (Wildman–Crippen MR) is 79.9 cm³/mol. The summed E-state index contributed by atoms with van der Waals surface area (Å²) in [6.07, 6.45) is 4.02. The number of carbonyl (C=O) groups excluding carboxylic acids is 1. The molecule has 114 valence electrons. The van der Waals surface area contributed by atoms with Crippen LogP contribution in [-0.4, -0.2) is 25.7 Å². The summed E-state index contributed by atoms with van der Waals surface area (Å²) in [5, 5.41) is -0.363. The summed E-state index contributed by atoms with van der Waals surface area (Å²) in [4.78, 5) is 12.6. The third-order valence-corrected chi connectivity index (χ3v) is 6.25. The van der Waals surface area contributed by atoms with Gasteiger partial charge in [0.15, 0.2) is 5.78 Å². The molecule has 5 heteroatoms. The molecule has 1 fully saturated rings. The van der Waals surface area contributed by atoms with Crippen molar-refractivity contribution in [3.05, 3.63) is 34.9 Å². The van der Waals surface area contributed by atoms with Crippen molar-refractivity contribution in [2.45, 2.75) is 44.1 Å². The third kappa shape index (κ3) is 3.04. The van der Waals surface area contributed by atoms with Crippen LogP contribution in [0.3, 0.4) is 0 Å². The topological polar surface area (TPSA) is 60.4 Å². The quantitative estimate of drug-likeness (QED) is 0.805. The normalized spacial score (nSPS) is 25.6. The van der Waals surface area contributed by atoms with E-state index in [1.165, 1.54) is 6.26 Å². The monoisotopic (exact) mass is 308 g/mol. The Morgan fingerprint density at radius 2 is 1.95 bits per heavy atom. The second kappa shape index (κ2) is 5.54. The van der Waals surface area contributed by atoms with Crippen LogP contribution in [-0.2, 0) is 27.8 Å². The summed E-state index contributed by atoms with van der Waals surface area (Å²) in [5.41, 5.74) is 2.92. The zero-order valence-corrected chi connectivity index (χ0v) is 13.0. The molecule has 0 spiro atoms. The van der Waals surface area contributed by atoms with Crippen LogP contribution in [0.2, 0.25) is 0 Å². The van der Waals surface area contributed by atoms with Gasteiger partial charge in [0.1, 0.15) is 9.84 Å². The van der Waals surface area contributed by atoms with Crippen LogP contribution >= 0.6 is 0 Å². The molecule has 3 rings (SSSR count). The lowest BCUT2D eigenvalue weighted by Crippen LogP contribution is -2.31. The molecule has 0 saturated heterocycles. The fourth-order valence-electron chi connectivity index (χ4n) is 3.33. The Labute approximate surface area is 125 Å². The number of ether oxygens (including phenoxy) is 1. The van der Waals surface area contributed by atoms with Gasteiger partial charge < -0.3 is 4.74 Å². The zero-order chi connectivity index (χ0) is 15.0. The van der Waals surface area contributed by atoms with Crippen molar-refractivity contribution in [2.24, 2.45) is 5.92 Å². The van der Waals surface area contributed by atoms with Gasteiger partial charge in [0.2, 0.25) is 0 Å². The first-order valence-electron chi connectivity index (χ1n) is 7.38. The maximum absolute atomic E-state index is 12.6. The molecule has 21 heavy (non-hydrogen) atoms. The molecule has 1 aromatic rings. The van der Waals surface area contributed by atoms with Crippen LogP contribution in [0.1, 0.15) is 47.2 Å². The van der Waals surface area contributed by atoms with Crippen molar-refractivity contribution >= 4 is 15.6 Å². The maximum atomic E-state index is 12.6. The summed E-state index contributed by atoms with van der Waals surface area (Å²) >= 11 is 0. The lowest BCUT2D eigenvalue weighted by atomic mass is 9.83. The summed E-state index contributed by atoms with van der Waals surface area (Å²) in [6, 6.07) is 5.71. The second-order valence-corrected chi connectivity index (χ2v) is 8.48. The highest BCUT2D eigenvalue weighted by molar-refractivity contribution is 7.91. The number of benzene rings is 1. The number of rotatable bonds is 3. The van der Waals surface area contributed by atoms with E-state index in [9.17, 15) is 13.2 Å². The van der Waals surface area contributed by atoms with Crippen molar-refractivity contribution in [1.82, 2.24) is 0 Å². The van der Waals surface area contributed by atoms with E-state index in [4.69, 9.17) is 4.74 Å². The first kappa shape index (κ1) is 14.7. The molecule has 0 aromatic heterocycles. The molecule has 1 aliphatic heterocycles. The van der Waals surface area contributed by atoms with Crippen LogP contribution in [0.15, 0.2) is 18.2 Å². The Bertz CT molecular complexity index is 663.